The number of halogens is 1. The second-order valence-corrected chi connectivity index (χ2v) is 5.16. The molecule has 1 fully saturated rings. The third-order valence-electron chi connectivity index (χ3n) is 3.23. The summed E-state index contributed by atoms with van der Waals surface area (Å²) in [5, 5.41) is 0.715. The van der Waals surface area contributed by atoms with Crippen LogP contribution >= 0.6 is 11.6 Å². The third-order valence-corrected chi connectivity index (χ3v) is 3.58. The van der Waals surface area contributed by atoms with Gasteiger partial charge in [0.1, 0.15) is 5.78 Å². The maximum Gasteiger partial charge on any atom is 0.143 e. The van der Waals surface area contributed by atoms with Gasteiger partial charge in [-0.05, 0) is 37.0 Å². The van der Waals surface area contributed by atoms with Gasteiger partial charge in [0.15, 0.2) is 0 Å². The van der Waals surface area contributed by atoms with Crippen LogP contribution in [0.15, 0.2) is 18.2 Å². The Morgan fingerprint density at radius 3 is 2.67 bits per heavy atom. The first-order valence-corrected chi connectivity index (χ1v) is 5.67. The van der Waals surface area contributed by atoms with E-state index in [-0.39, 0.29) is 5.41 Å². The van der Waals surface area contributed by atoms with Crippen molar-refractivity contribution in [2.75, 3.05) is 0 Å². The van der Waals surface area contributed by atoms with E-state index in [1.54, 1.807) is 0 Å². The molecule has 0 bridgehead atoms. The van der Waals surface area contributed by atoms with Crippen molar-refractivity contribution < 1.29 is 4.79 Å². The van der Waals surface area contributed by atoms with Gasteiger partial charge in [0.25, 0.3) is 0 Å². The van der Waals surface area contributed by atoms with E-state index in [0.29, 0.717) is 17.2 Å². The summed E-state index contributed by atoms with van der Waals surface area (Å²) in [4.78, 5) is 11.9. The number of rotatable bonds is 3. The quantitative estimate of drug-likeness (QED) is 0.764. The lowest BCUT2D eigenvalue weighted by atomic mass is 9.97. The van der Waals surface area contributed by atoms with Gasteiger partial charge in [-0.1, -0.05) is 30.7 Å². The molecule has 1 nitrogen and oxygen atoms in total. The van der Waals surface area contributed by atoms with Crippen molar-refractivity contribution in [3.8, 4) is 0 Å². The highest BCUT2D eigenvalue weighted by molar-refractivity contribution is 6.31. The zero-order chi connectivity index (χ0) is 11.1. The van der Waals surface area contributed by atoms with Crippen LogP contribution in [0.25, 0.3) is 0 Å². The van der Waals surface area contributed by atoms with Crippen LogP contribution in [0.3, 0.4) is 0 Å². The largest absolute Gasteiger partial charge is 0.299 e. The van der Waals surface area contributed by atoms with Gasteiger partial charge in [0, 0.05) is 16.9 Å². The second-order valence-electron chi connectivity index (χ2n) is 4.76. The fourth-order valence-corrected chi connectivity index (χ4v) is 1.95. The number of aryl methyl sites for hydroxylation is 1. The molecule has 1 saturated carbocycles. The van der Waals surface area contributed by atoms with Crippen LogP contribution in [0.1, 0.15) is 30.9 Å². The number of benzene rings is 1. The predicted octanol–water partition coefficient (Wildman–Crippen LogP) is 3.56. The van der Waals surface area contributed by atoms with Crippen LogP contribution in [0.5, 0.6) is 0 Å². The van der Waals surface area contributed by atoms with E-state index in [9.17, 15) is 4.79 Å². The molecule has 0 aliphatic heterocycles. The molecular weight excluding hydrogens is 208 g/mol. The van der Waals surface area contributed by atoms with Gasteiger partial charge in [-0.25, -0.2) is 0 Å². The standard InChI is InChI=1S/C13H15ClO/c1-9-3-4-10(11(14)7-9)8-12(15)13(2)5-6-13/h3-4,7H,5-6,8H2,1-2H3. The Labute approximate surface area is 95.4 Å². The third kappa shape index (κ3) is 2.23. The smallest absolute Gasteiger partial charge is 0.143 e. The summed E-state index contributed by atoms with van der Waals surface area (Å²) in [6, 6.07) is 5.88. The SMILES string of the molecule is Cc1ccc(CC(=O)C2(C)CC2)c(Cl)c1. The zero-order valence-electron chi connectivity index (χ0n) is 9.14. The number of carbonyl (C=O) groups excluding carboxylic acids is 1. The lowest BCUT2D eigenvalue weighted by Crippen LogP contribution is -2.14. The number of ketones is 1. The first-order chi connectivity index (χ1) is 7.01. The van der Waals surface area contributed by atoms with Crippen molar-refractivity contribution >= 4 is 17.4 Å². The lowest BCUT2D eigenvalue weighted by molar-refractivity contribution is -0.122. The van der Waals surface area contributed by atoms with Crippen molar-refractivity contribution in [1.82, 2.24) is 0 Å². The highest BCUT2D eigenvalue weighted by Crippen LogP contribution is 2.46. The minimum atomic E-state index is -0.0474. The van der Waals surface area contributed by atoms with Crippen molar-refractivity contribution in [2.45, 2.75) is 33.1 Å². The minimum absolute atomic E-state index is 0.0474. The van der Waals surface area contributed by atoms with Crippen LogP contribution in [0.4, 0.5) is 0 Å². The van der Waals surface area contributed by atoms with Gasteiger partial charge in [-0.3, -0.25) is 4.79 Å². The normalized spacial score (nSPS) is 17.5. The fraction of sp³-hybridized carbons (Fsp3) is 0.462. The minimum Gasteiger partial charge on any atom is -0.299 e. The highest BCUT2D eigenvalue weighted by Gasteiger charge is 2.44. The Hall–Kier alpha value is -0.820. The van der Waals surface area contributed by atoms with Gasteiger partial charge in [-0.2, -0.15) is 0 Å². The molecule has 0 saturated heterocycles. The molecule has 0 N–H and O–H groups in total. The van der Waals surface area contributed by atoms with E-state index in [1.165, 1.54) is 0 Å². The number of carbonyl (C=O) groups is 1. The average Bonchev–Trinajstić information content (AvgIpc) is 2.90. The number of hydrogen-bond acceptors (Lipinski definition) is 1. The second kappa shape index (κ2) is 3.64. The van der Waals surface area contributed by atoms with Gasteiger partial charge in [0.05, 0.1) is 0 Å². The summed E-state index contributed by atoms with van der Waals surface area (Å²) in [5.74, 6) is 0.327. The van der Waals surface area contributed by atoms with Crippen LogP contribution in [-0.2, 0) is 11.2 Å². The molecule has 15 heavy (non-hydrogen) atoms. The Kier molecular flexibility index (Phi) is 2.59. The molecule has 80 valence electrons. The van der Waals surface area contributed by atoms with E-state index < -0.39 is 0 Å². The zero-order valence-corrected chi connectivity index (χ0v) is 9.90. The van der Waals surface area contributed by atoms with Crippen LogP contribution in [0, 0.1) is 12.3 Å². The molecule has 2 heteroatoms. The molecule has 1 aliphatic carbocycles. The fourth-order valence-electron chi connectivity index (χ4n) is 1.65. The Balaban J connectivity index is 2.14. The maximum absolute atomic E-state index is 11.9. The van der Waals surface area contributed by atoms with Crippen LogP contribution < -0.4 is 0 Å². The molecule has 0 atom stereocenters. The highest BCUT2D eigenvalue weighted by atomic mass is 35.5. The molecule has 0 radical (unpaired) electrons. The average molecular weight is 223 g/mol. The van der Waals surface area contributed by atoms with Gasteiger partial charge in [-0.15, -0.1) is 0 Å². The predicted molar refractivity (Wildman–Crippen MR) is 62.2 cm³/mol. The summed E-state index contributed by atoms with van der Waals surface area (Å²) < 4.78 is 0. The summed E-state index contributed by atoms with van der Waals surface area (Å²) >= 11 is 6.09. The Bertz CT molecular complexity index is 405. The molecule has 0 heterocycles. The molecule has 1 aromatic rings. The van der Waals surface area contributed by atoms with Gasteiger partial charge in [0.2, 0.25) is 0 Å². The number of Topliss-reactive ketones (excluding diaryl/α,β-unsaturated/α-hetero) is 1. The van der Waals surface area contributed by atoms with E-state index in [1.807, 2.05) is 32.0 Å². The molecule has 1 aliphatic rings. The van der Waals surface area contributed by atoms with Gasteiger partial charge >= 0.3 is 0 Å². The van der Waals surface area contributed by atoms with Crippen LogP contribution in [-0.4, -0.2) is 5.78 Å². The van der Waals surface area contributed by atoms with E-state index in [0.717, 1.165) is 24.0 Å². The monoisotopic (exact) mass is 222 g/mol. The lowest BCUT2D eigenvalue weighted by Gasteiger charge is -2.08. The molecule has 0 spiro atoms. The first kappa shape index (κ1) is 10.7. The van der Waals surface area contributed by atoms with Crippen LogP contribution in [0.2, 0.25) is 5.02 Å². The molecule has 2 rings (SSSR count). The first-order valence-electron chi connectivity index (χ1n) is 5.30. The van der Waals surface area contributed by atoms with E-state index in [2.05, 4.69) is 0 Å². The Morgan fingerprint density at radius 2 is 2.13 bits per heavy atom. The van der Waals surface area contributed by atoms with Gasteiger partial charge < -0.3 is 0 Å². The van der Waals surface area contributed by atoms with Crippen molar-refractivity contribution in [1.29, 1.82) is 0 Å². The summed E-state index contributed by atoms with van der Waals surface area (Å²) in [5.41, 5.74) is 2.04. The molecule has 0 amide bonds. The summed E-state index contributed by atoms with van der Waals surface area (Å²) in [6.07, 6.45) is 2.56. The van der Waals surface area contributed by atoms with E-state index in [4.69, 9.17) is 11.6 Å². The summed E-state index contributed by atoms with van der Waals surface area (Å²) in [7, 11) is 0. The van der Waals surface area contributed by atoms with E-state index >= 15 is 0 Å². The summed E-state index contributed by atoms with van der Waals surface area (Å²) in [6.45, 7) is 4.04. The molecule has 0 unspecified atom stereocenters. The van der Waals surface area contributed by atoms with Crippen molar-refractivity contribution in [3.63, 3.8) is 0 Å². The van der Waals surface area contributed by atoms with Crippen molar-refractivity contribution in [3.05, 3.63) is 34.3 Å². The maximum atomic E-state index is 11.9. The molecular formula is C13H15ClO. The topological polar surface area (TPSA) is 17.1 Å². The Morgan fingerprint density at radius 1 is 1.47 bits per heavy atom. The molecule has 1 aromatic carbocycles. The molecule has 0 aromatic heterocycles. The number of hydrogen-bond donors (Lipinski definition) is 0. The van der Waals surface area contributed by atoms with Crippen molar-refractivity contribution in [2.24, 2.45) is 5.41 Å².